The summed E-state index contributed by atoms with van der Waals surface area (Å²) in [6.45, 7) is -7.99. The molecule has 99 heavy (non-hydrogen) atoms. The topological polar surface area (TPSA) is 742 Å². The molecule has 0 aromatic heterocycles. The summed E-state index contributed by atoms with van der Waals surface area (Å²) in [5, 5.41) is 258. The molecule has 0 bridgehead atoms. The van der Waals surface area contributed by atoms with Crippen molar-refractivity contribution in [2.75, 3.05) is 59.4 Å². The first kappa shape index (κ1) is 83.4. The Balaban J connectivity index is 1.31. The van der Waals surface area contributed by atoms with E-state index in [2.05, 4.69) is 10.6 Å². The minimum atomic E-state index is -5.65. The van der Waals surface area contributed by atoms with Crippen LogP contribution in [0.5, 0.6) is 0 Å². The number of phosphoric ester groups is 1. The van der Waals surface area contributed by atoms with Gasteiger partial charge in [-0.05, 0) is 0 Å². The van der Waals surface area contributed by atoms with Gasteiger partial charge in [-0.1, -0.05) is 0 Å². The quantitative estimate of drug-likeness (QED) is 0.0297. The highest BCUT2D eigenvalue weighted by Gasteiger charge is 2.63. The number of ether oxygens (including phenoxy) is 13. The van der Waals surface area contributed by atoms with Gasteiger partial charge in [-0.2, -0.15) is 0 Å². The first-order valence-electron chi connectivity index (χ1n) is 30.8. The van der Waals surface area contributed by atoms with E-state index in [4.69, 9.17) is 76.4 Å². The third-order valence-corrected chi connectivity index (χ3v) is 18.2. The number of amides is 2. The van der Waals surface area contributed by atoms with Crippen molar-refractivity contribution in [2.45, 2.75) is 247 Å². The fourth-order valence-corrected chi connectivity index (χ4v) is 13.1. The Morgan fingerprint density at radius 3 is 1.39 bits per heavy atom. The van der Waals surface area contributed by atoms with E-state index in [0.717, 1.165) is 13.8 Å². The van der Waals surface area contributed by atoms with Crippen LogP contribution in [0.4, 0.5) is 0 Å². The lowest BCUT2D eigenvalue weighted by molar-refractivity contribution is -0.414. The fraction of sp³-hybridized carbons (Fsp3) is 0.942. The Hall–Kier alpha value is -2.92. The number of aliphatic hydroxyl groups is 22. The number of phosphoric acid groups is 1. The second kappa shape index (κ2) is 35.9. The maximum Gasteiger partial charge on any atom is 0.472 e. The van der Waals surface area contributed by atoms with Crippen molar-refractivity contribution in [1.82, 2.24) is 10.6 Å². The summed E-state index contributed by atoms with van der Waals surface area (Å²) in [5.74, 6) is -7.29. The molecule has 576 valence electrons. The maximum absolute atomic E-state index is 13.7. The highest BCUT2D eigenvalue weighted by molar-refractivity contribution is 7.47. The van der Waals surface area contributed by atoms with E-state index in [1.165, 1.54) is 0 Å². The highest BCUT2D eigenvalue weighted by Crippen LogP contribution is 2.49. The third kappa shape index (κ3) is 18.8. The van der Waals surface area contributed by atoms with Gasteiger partial charge < -0.3 is 200 Å². The SMILES string of the molecule is CC(=O)N[C@H]1[C@H](O[C@H]2[C@@H](O)[C@@H](CO)O[C@@H](O[C@H]3[C@H](O)[C@@H](O)[C@H](O[C@H]4[C@H](O[C@H]5O[C@H]([C@@H](O)CO)[C@@H](O)[C@H](OP(=O)(O)OCCN)[C@@H]5O[C@H]5O[C@H](CO)[C@@H](O)[C@H](O)[C@H]5NC(C)=O)[C@H](O)[C@@H](O[C@H]5[C@@H]([C@H](O)CO)OC(O)(C(=O)O)C[C@H]5O)O[C@@H]4[C@@H](O)CO)O[C@@H]3CO)[C@@H]2O)O[C@H](CO)[C@@H](O)[C@@H]1O. The van der Waals surface area contributed by atoms with Crippen LogP contribution in [0, 0.1) is 0 Å². The van der Waals surface area contributed by atoms with Gasteiger partial charge in [-0.3, -0.25) is 18.6 Å². The van der Waals surface area contributed by atoms with Gasteiger partial charge in [-0.25, -0.2) is 9.36 Å². The van der Waals surface area contributed by atoms with Crippen molar-refractivity contribution in [3.8, 4) is 0 Å². The van der Waals surface area contributed by atoms with E-state index in [0.29, 0.717) is 0 Å². The molecule has 7 aliphatic rings. The molecule has 0 aromatic rings. The smallest absolute Gasteiger partial charge is 0.472 e. The van der Waals surface area contributed by atoms with E-state index in [9.17, 15) is 141 Å². The molecular formula is C52H90N3O43P. The number of carbonyl (C=O) groups excluding carboxylic acids is 2. The number of carboxylic acid groups (broad SMARTS) is 1. The van der Waals surface area contributed by atoms with Gasteiger partial charge in [0.05, 0.1) is 59.0 Å². The van der Waals surface area contributed by atoms with E-state index < -0.39 is 318 Å². The number of carbonyl (C=O) groups is 3. The molecule has 7 fully saturated rings. The summed E-state index contributed by atoms with van der Waals surface area (Å²) in [5.41, 5.74) is 5.49. The standard InChI is InChI=1S/C52H90N3O43P/c1-13(63)54-23-28(72)25(69)19(9-59)85-45(23)93-40-27(71)21(11-61)87-48(33(40)77)92-39-22(12-62)88-47(31(75)30(39)74)95-43-37(17(67)7-57)91-49(90-36-15(65)5-52(81,51(79)80)97-38(36)18(68)8-58)34(78)41(43)94-50-44(96-46-24(55-14(2)64)29(73)26(70)20(10-60)86-46)42(98-99(82,83)84-4-3-53)32(76)35(89-50)16(66)6-56/h15-50,56-62,65-78,81H,3-12,53H2,1-2H3,(H,54,63)(H,55,64)(H,79,80)(H,82,83)/t15-,16+,17+,18-,19-,20-,21-,22-,23-,24-,25-,26-,27+,28-,29-,30-,31-,32-,33-,34+,35-,36-,37-,38-,39-,40+,41-,42+,43-,44+,45+,46-,47+,48+,49+,50-,52?/m1/s1. The molecule has 2 amide bonds. The number of aliphatic hydroxyl groups excluding tert-OH is 21. The molecule has 7 heterocycles. The van der Waals surface area contributed by atoms with Gasteiger partial charge in [-0.15, -0.1) is 0 Å². The predicted molar refractivity (Wildman–Crippen MR) is 302 cm³/mol. The number of hydrogen-bond donors (Lipinski definition) is 27. The van der Waals surface area contributed by atoms with Crippen LogP contribution < -0.4 is 16.4 Å². The Kier molecular flexibility index (Phi) is 30.2. The lowest BCUT2D eigenvalue weighted by Crippen LogP contribution is -2.71. The van der Waals surface area contributed by atoms with Crippen molar-refractivity contribution in [3.05, 3.63) is 0 Å². The van der Waals surface area contributed by atoms with Crippen LogP contribution in [0.3, 0.4) is 0 Å². The summed E-state index contributed by atoms with van der Waals surface area (Å²) < 4.78 is 100. The molecule has 7 aliphatic heterocycles. The minimum absolute atomic E-state index is 0.475. The molecule has 7 saturated heterocycles. The molecule has 28 N–H and O–H groups in total. The van der Waals surface area contributed by atoms with Crippen molar-refractivity contribution in [2.24, 2.45) is 5.73 Å². The van der Waals surface area contributed by atoms with Gasteiger partial charge in [0.1, 0.15) is 177 Å². The molecule has 46 nitrogen and oxygen atoms in total. The van der Waals surface area contributed by atoms with Crippen LogP contribution in [0.25, 0.3) is 0 Å². The predicted octanol–water partition coefficient (Wildman–Crippen LogP) is -17.3. The number of hydrogen-bond acceptors (Lipinski definition) is 42. The maximum atomic E-state index is 13.7. The molecule has 0 aliphatic carbocycles. The molecule has 0 radical (unpaired) electrons. The van der Waals surface area contributed by atoms with Crippen LogP contribution >= 0.6 is 7.82 Å². The average Bonchev–Trinajstić information content (AvgIpc) is 0.775. The van der Waals surface area contributed by atoms with Crippen LogP contribution in [0.1, 0.15) is 20.3 Å². The zero-order valence-electron chi connectivity index (χ0n) is 52.4. The second-order valence-electron chi connectivity index (χ2n) is 24.2. The average molecular weight is 1480 g/mol. The second-order valence-corrected chi connectivity index (χ2v) is 25.6. The summed E-state index contributed by atoms with van der Waals surface area (Å²) >= 11 is 0. The van der Waals surface area contributed by atoms with Gasteiger partial charge in [0.2, 0.25) is 11.8 Å². The lowest BCUT2D eigenvalue weighted by Gasteiger charge is -2.53. The number of nitrogens with two attached hydrogens (primary N) is 1. The summed E-state index contributed by atoms with van der Waals surface area (Å²) in [4.78, 5) is 48.1. The highest BCUT2D eigenvalue weighted by atomic mass is 31.2. The first-order valence-corrected chi connectivity index (χ1v) is 32.3. The van der Waals surface area contributed by atoms with E-state index >= 15 is 0 Å². The molecule has 0 saturated carbocycles. The van der Waals surface area contributed by atoms with Gasteiger partial charge in [0.25, 0.3) is 5.79 Å². The lowest BCUT2D eigenvalue weighted by atomic mass is 9.91. The zero-order chi connectivity index (χ0) is 73.6. The molecule has 0 aromatic carbocycles. The Morgan fingerprint density at radius 1 is 0.475 bits per heavy atom. The molecule has 47 heteroatoms. The first-order chi connectivity index (χ1) is 46.6. The van der Waals surface area contributed by atoms with Crippen LogP contribution in [0.2, 0.25) is 0 Å². The van der Waals surface area contributed by atoms with E-state index in [-0.39, 0.29) is 0 Å². The zero-order valence-corrected chi connectivity index (χ0v) is 53.3. The van der Waals surface area contributed by atoms with E-state index in [1.807, 2.05) is 0 Å². The van der Waals surface area contributed by atoms with Crippen molar-refractivity contribution in [1.29, 1.82) is 0 Å². The molecule has 7 rings (SSSR count). The number of carboxylic acids is 1. The Morgan fingerprint density at radius 2 is 0.889 bits per heavy atom. The van der Waals surface area contributed by atoms with E-state index in [1.54, 1.807) is 0 Å². The Labute approximate surface area is 559 Å². The van der Waals surface area contributed by atoms with Crippen molar-refractivity contribution < 1.29 is 212 Å². The third-order valence-electron chi connectivity index (χ3n) is 17.2. The minimum Gasteiger partial charge on any atom is -0.477 e. The van der Waals surface area contributed by atoms with Crippen molar-refractivity contribution in [3.63, 3.8) is 0 Å². The summed E-state index contributed by atoms with van der Waals surface area (Å²) in [6, 6.07) is -3.67. The number of rotatable bonds is 30. The molecular weight excluding hydrogens is 1390 g/mol. The largest absolute Gasteiger partial charge is 0.477 e. The van der Waals surface area contributed by atoms with Gasteiger partial charge in [0, 0.05) is 26.8 Å². The van der Waals surface area contributed by atoms with Gasteiger partial charge >= 0.3 is 13.8 Å². The van der Waals surface area contributed by atoms with Gasteiger partial charge in [0.15, 0.2) is 37.7 Å². The van der Waals surface area contributed by atoms with Crippen LogP contribution in [-0.2, 0) is 89.6 Å². The number of nitrogens with one attached hydrogen (secondary N) is 2. The van der Waals surface area contributed by atoms with Crippen LogP contribution in [-0.4, -0.2) is 426 Å². The molecule has 0 spiro atoms. The molecule has 2 unspecified atom stereocenters. The number of aliphatic carboxylic acids is 1. The summed E-state index contributed by atoms with van der Waals surface area (Å²) in [6.07, 6.45) is -79.5. The normalized spacial score (nSPS) is 46.1. The monoisotopic (exact) mass is 1480 g/mol. The fourth-order valence-electron chi connectivity index (χ4n) is 12.1. The Bertz CT molecular complexity index is 2600. The molecule has 38 atom stereocenters. The summed E-state index contributed by atoms with van der Waals surface area (Å²) in [7, 11) is -5.65. The van der Waals surface area contributed by atoms with Crippen LogP contribution in [0.15, 0.2) is 0 Å². The van der Waals surface area contributed by atoms with Crippen molar-refractivity contribution >= 4 is 25.6 Å².